The minimum Gasteiger partial charge on any atom is -0.461 e. The van der Waals surface area contributed by atoms with Crippen molar-refractivity contribution in [1.82, 2.24) is 14.8 Å². The second-order valence-electron chi connectivity index (χ2n) is 7.31. The van der Waals surface area contributed by atoms with E-state index < -0.39 is 5.25 Å². The van der Waals surface area contributed by atoms with Crippen molar-refractivity contribution < 1.29 is 9.21 Å². The Morgan fingerprint density at radius 1 is 1.45 bits per heavy atom. The van der Waals surface area contributed by atoms with Crippen LogP contribution in [0.1, 0.15) is 42.2 Å². The molecule has 0 fully saturated rings. The average Bonchev–Trinajstić information content (AvgIpc) is 3.45. The van der Waals surface area contributed by atoms with Crippen LogP contribution in [0.3, 0.4) is 0 Å². The fourth-order valence-electron chi connectivity index (χ4n) is 3.63. The van der Waals surface area contributed by atoms with Crippen molar-refractivity contribution in [2.24, 2.45) is 0 Å². The summed E-state index contributed by atoms with van der Waals surface area (Å²) in [7, 11) is 0. The topological polar surface area (TPSA) is 96.7 Å². The third kappa shape index (κ3) is 4.45. The number of carbonyl (C=O) groups is 1. The van der Waals surface area contributed by atoms with Gasteiger partial charge in [-0.1, -0.05) is 24.3 Å². The molecule has 3 aromatic heterocycles. The van der Waals surface area contributed by atoms with E-state index in [-0.39, 0.29) is 5.91 Å². The minimum atomic E-state index is -0.425. The molecule has 3 heterocycles. The largest absolute Gasteiger partial charge is 0.461 e. The Morgan fingerprint density at radius 2 is 2.29 bits per heavy atom. The van der Waals surface area contributed by atoms with Crippen molar-refractivity contribution in [1.29, 1.82) is 5.26 Å². The van der Waals surface area contributed by atoms with Crippen molar-refractivity contribution in [3.05, 3.63) is 47.1 Å². The molecule has 1 aliphatic carbocycles. The number of amides is 1. The van der Waals surface area contributed by atoms with Gasteiger partial charge in [0, 0.05) is 11.4 Å². The minimum absolute atomic E-state index is 0.161. The van der Waals surface area contributed by atoms with Crippen molar-refractivity contribution in [3.8, 4) is 17.7 Å². The summed E-state index contributed by atoms with van der Waals surface area (Å²) in [5.41, 5.74) is 1.75. The summed E-state index contributed by atoms with van der Waals surface area (Å²) in [5.74, 6) is 1.04. The maximum Gasteiger partial charge on any atom is 0.238 e. The fraction of sp³-hybridized carbons (Fsp3) is 0.364. The molecule has 1 unspecified atom stereocenters. The number of furan rings is 1. The number of anilines is 1. The van der Waals surface area contributed by atoms with E-state index in [1.54, 1.807) is 29.7 Å². The molecule has 4 rings (SSSR count). The zero-order valence-corrected chi connectivity index (χ0v) is 18.9. The van der Waals surface area contributed by atoms with E-state index in [0.717, 1.165) is 31.2 Å². The highest BCUT2D eigenvalue weighted by Gasteiger charge is 2.25. The summed E-state index contributed by atoms with van der Waals surface area (Å²) >= 11 is 2.86. The molecule has 0 bridgehead atoms. The molecule has 1 amide bonds. The Morgan fingerprint density at radius 3 is 3.03 bits per heavy atom. The molecule has 0 aromatic carbocycles. The Balaban J connectivity index is 1.51. The molecule has 0 saturated heterocycles. The number of hydrogen-bond donors (Lipinski definition) is 1. The lowest BCUT2D eigenvalue weighted by molar-refractivity contribution is -0.115. The average molecular weight is 454 g/mol. The van der Waals surface area contributed by atoms with Crippen molar-refractivity contribution in [2.45, 2.75) is 56.0 Å². The first-order valence-corrected chi connectivity index (χ1v) is 11.9. The molecule has 31 heavy (non-hydrogen) atoms. The van der Waals surface area contributed by atoms with E-state index in [0.29, 0.717) is 33.9 Å². The molecule has 160 valence electrons. The van der Waals surface area contributed by atoms with Crippen LogP contribution in [-0.4, -0.2) is 25.9 Å². The molecule has 0 spiro atoms. The quantitative estimate of drug-likeness (QED) is 0.306. The van der Waals surface area contributed by atoms with Gasteiger partial charge in [-0.3, -0.25) is 9.36 Å². The Kier molecular flexibility index (Phi) is 6.59. The Bertz CT molecular complexity index is 1120. The summed E-state index contributed by atoms with van der Waals surface area (Å²) < 4.78 is 7.32. The molecule has 1 N–H and O–H groups in total. The first-order chi connectivity index (χ1) is 15.1. The second-order valence-corrected chi connectivity index (χ2v) is 9.73. The maximum absolute atomic E-state index is 12.9. The van der Waals surface area contributed by atoms with Gasteiger partial charge in [0.15, 0.2) is 10.9 Å². The number of aromatic nitrogens is 3. The van der Waals surface area contributed by atoms with E-state index in [4.69, 9.17) is 4.42 Å². The van der Waals surface area contributed by atoms with Crippen LogP contribution >= 0.6 is 23.1 Å². The number of aryl methyl sites for hydroxylation is 1. The van der Waals surface area contributed by atoms with Gasteiger partial charge >= 0.3 is 0 Å². The number of rotatable bonds is 7. The van der Waals surface area contributed by atoms with Crippen molar-refractivity contribution >= 4 is 34.0 Å². The molecular formula is C22H23N5O2S2. The van der Waals surface area contributed by atoms with Gasteiger partial charge in [0.05, 0.1) is 17.1 Å². The molecular weight excluding hydrogens is 430 g/mol. The third-order valence-corrected chi connectivity index (χ3v) is 7.48. The van der Waals surface area contributed by atoms with Crippen LogP contribution in [-0.2, 0) is 24.2 Å². The van der Waals surface area contributed by atoms with Gasteiger partial charge in [-0.15, -0.1) is 28.1 Å². The van der Waals surface area contributed by atoms with Gasteiger partial charge in [-0.25, -0.2) is 0 Å². The van der Waals surface area contributed by atoms with E-state index in [1.807, 2.05) is 17.6 Å². The zero-order valence-electron chi connectivity index (χ0n) is 17.3. The zero-order chi connectivity index (χ0) is 21.8. The lowest BCUT2D eigenvalue weighted by atomic mass is 10.1. The molecule has 0 radical (unpaired) electrons. The highest BCUT2D eigenvalue weighted by Crippen LogP contribution is 2.37. The van der Waals surface area contributed by atoms with E-state index in [2.05, 4.69) is 28.2 Å². The van der Waals surface area contributed by atoms with Gasteiger partial charge in [0.1, 0.15) is 11.1 Å². The SMILES string of the molecule is C=CCn1c(SC(C)C(=O)Nc2sc3c(c2C#N)CCCCC3)nnc1-c1ccco1. The summed E-state index contributed by atoms with van der Waals surface area (Å²) in [5, 5.41) is 22.0. The smallest absolute Gasteiger partial charge is 0.238 e. The van der Waals surface area contributed by atoms with Gasteiger partial charge in [0.25, 0.3) is 0 Å². The summed E-state index contributed by atoms with van der Waals surface area (Å²) in [6.45, 7) is 6.12. The Hall–Kier alpha value is -2.83. The molecule has 0 saturated carbocycles. The van der Waals surface area contributed by atoms with Crippen LogP contribution in [0, 0.1) is 11.3 Å². The maximum atomic E-state index is 12.9. The predicted octanol–water partition coefficient (Wildman–Crippen LogP) is 5.05. The normalized spacial score (nSPS) is 14.3. The van der Waals surface area contributed by atoms with Crippen LogP contribution in [0.5, 0.6) is 0 Å². The number of allylic oxidation sites excluding steroid dienone is 1. The standard InChI is InChI=1S/C22H23N5O2S2/c1-3-11-27-19(17-9-7-12-29-17)25-26-22(27)30-14(2)20(28)24-21-16(13-23)15-8-5-4-6-10-18(15)31-21/h3,7,9,12,14H,1,4-6,8,10-11H2,2H3,(H,24,28). The monoisotopic (exact) mass is 453 g/mol. The number of thiophene rings is 1. The molecule has 0 aliphatic heterocycles. The highest BCUT2D eigenvalue weighted by molar-refractivity contribution is 8.00. The fourth-order valence-corrected chi connectivity index (χ4v) is 5.73. The van der Waals surface area contributed by atoms with Crippen LogP contribution in [0.4, 0.5) is 5.00 Å². The molecule has 1 atom stereocenters. The van der Waals surface area contributed by atoms with Crippen molar-refractivity contribution in [3.63, 3.8) is 0 Å². The van der Waals surface area contributed by atoms with Crippen LogP contribution in [0.2, 0.25) is 0 Å². The number of carbonyl (C=O) groups excluding carboxylic acids is 1. The van der Waals surface area contributed by atoms with E-state index >= 15 is 0 Å². The van der Waals surface area contributed by atoms with Gasteiger partial charge in [-0.05, 0) is 50.3 Å². The van der Waals surface area contributed by atoms with Crippen LogP contribution in [0.15, 0.2) is 40.6 Å². The van der Waals surface area contributed by atoms with Crippen LogP contribution in [0.25, 0.3) is 11.6 Å². The molecule has 1 aliphatic rings. The van der Waals surface area contributed by atoms with Gasteiger partial charge in [0.2, 0.25) is 11.7 Å². The van der Waals surface area contributed by atoms with Gasteiger partial charge in [-0.2, -0.15) is 5.26 Å². The first-order valence-electron chi connectivity index (χ1n) is 10.2. The van der Waals surface area contributed by atoms with Gasteiger partial charge < -0.3 is 9.73 Å². The molecule has 9 heteroatoms. The summed E-state index contributed by atoms with van der Waals surface area (Å²) in [4.78, 5) is 14.2. The van der Waals surface area contributed by atoms with E-state index in [9.17, 15) is 10.1 Å². The highest BCUT2D eigenvalue weighted by atomic mass is 32.2. The second kappa shape index (κ2) is 9.54. The van der Waals surface area contributed by atoms with Crippen LogP contribution < -0.4 is 5.32 Å². The molecule has 7 nitrogen and oxygen atoms in total. The number of nitrogens with one attached hydrogen (secondary N) is 1. The Labute approximate surface area is 189 Å². The lowest BCUT2D eigenvalue weighted by Gasteiger charge is -2.12. The number of fused-ring (bicyclic) bond motifs is 1. The van der Waals surface area contributed by atoms with E-state index in [1.165, 1.54) is 23.1 Å². The number of nitriles is 1. The number of thioether (sulfide) groups is 1. The molecule has 3 aromatic rings. The predicted molar refractivity (Wildman–Crippen MR) is 122 cm³/mol. The lowest BCUT2D eigenvalue weighted by Crippen LogP contribution is -2.23. The summed E-state index contributed by atoms with van der Waals surface area (Å²) in [6.07, 6.45) is 8.64. The van der Waals surface area contributed by atoms with Crippen molar-refractivity contribution in [2.75, 3.05) is 5.32 Å². The number of hydrogen-bond acceptors (Lipinski definition) is 7. The number of nitrogens with zero attached hydrogens (tertiary/aromatic N) is 4. The summed E-state index contributed by atoms with van der Waals surface area (Å²) in [6, 6.07) is 5.92. The third-order valence-electron chi connectivity index (χ3n) is 5.19. The first kappa shape index (κ1) is 21.4.